The smallest absolute Gasteiger partial charge is 0.252 e. The number of nitrogens with one attached hydrogen (secondary N) is 1. The molecule has 1 heterocycles. The highest BCUT2D eigenvalue weighted by Gasteiger charge is 2.08. The first kappa shape index (κ1) is 13.2. The standard InChI is InChI=1S/C12H20N2OS/c1-4-10(2)14(3)7-6-13-12(15)11-5-8-16-9-11/h5,8-10H,4,6-7H2,1-3H3,(H,13,15)/t10-/m0/s1. The number of nitrogens with zero attached hydrogens (tertiary/aromatic N) is 1. The van der Waals surface area contributed by atoms with Crippen LogP contribution in [0.5, 0.6) is 0 Å². The van der Waals surface area contributed by atoms with E-state index in [4.69, 9.17) is 0 Å². The molecule has 0 radical (unpaired) electrons. The molecule has 0 unspecified atom stereocenters. The zero-order valence-electron chi connectivity index (χ0n) is 10.2. The van der Waals surface area contributed by atoms with Gasteiger partial charge in [0.1, 0.15) is 0 Å². The van der Waals surface area contributed by atoms with Crippen molar-refractivity contribution in [2.45, 2.75) is 26.3 Å². The Bertz CT molecular complexity index is 311. The van der Waals surface area contributed by atoms with Crippen molar-refractivity contribution in [2.75, 3.05) is 20.1 Å². The number of amides is 1. The summed E-state index contributed by atoms with van der Waals surface area (Å²) in [5.74, 6) is 0.0267. The van der Waals surface area contributed by atoms with Crippen LogP contribution in [0.4, 0.5) is 0 Å². The maximum atomic E-state index is 11.6. The Morgan fingerprint density at radius 3 is 2.94 bits per heavy atom. The van der Waals surface area contributed by atoms with Crippen LogP contribution in [0.1, 0.15) is 30.6 Å². The van der Waals surface area contributed by atoms with Gasteiger partial charge in [-0.3, -0.25) is 4.79 Å². The Labute approximate surface area is 101 Å². The molecule has 0 bridgehead atoms. The average molecular weight is 240 g/mol. The van der Waals surface area contributed by atoms with Gasteiger partial charge >= 0.3 is 0 Å². The number of rotatable bonds is 6. The third-order valence-electron chi connectivity index (χ3n) is 2.88. The van der Waals surface area contributed by atoms with Gasteiger partial charge in [0.15, 0.2) is 0 Å². The summed E-state index contributed by atoms with van der Waals surface area (Å²) in [5.41, 5.74) is 0.760. The molecule has 0 aliphatic rings. The van der Waals surface area contributed by atoms with Gasteiger partial charge in [-0.25, -0.2) is 0 Å². The number of hydrogen-bond donors (Lipinski definition) is 1. The van der Waals surface area contributed by atoms with Gasteiger partial charge in [0.2, 0.25) is 0 Å². The normalized spacial score (nSPS) is 12.8. The summed E-state index contributed by atoms with van der Waals surface area (Å²) in [6, 6.07) is 2.41. The van der Waals surface area contributed by atoms with E-state index in [0.717, 1.165) is 18.5 Å². The van der Waals surface area contributed by atoms with E-state index in [1.54, 1.807) is 11.3 Å². The first-order valence-electron chi connectivity index (χ1n) is 5.65. The summed E-state index contributed by atoms with van der Waals surface area (Å²) in [6.07, 6.45) is 1.13. The van der Waals surface area contributed by atoms with Crippen molar-refractivity contribution >= 4 is 17.2 Å². The van der Waals surface area contributed by atoms with Gasteiger partial charge in [0.05, 0.1) is 0 Å². The van der Waals surface area contributed by atoms with Gasteiger partial charge in [-0.1, -0.05) is 6.92 Å². The molecule has 1 N–H and O–H groups in total. The molecule has 0 aliphatic heterocycles. The Balaban J connectivity index is 2.23. The average Bonchev–Trinajstić information content (AvgIpc) is 2.81. The van der Waals surface area contributed by atoms with Crippen molar-refractivity contribution in [3.8, 4) is 0 Å². The minimum Gasteiger partial charge on any atom is -0.351 e. The summed E-state index contributed by atoms with van der Waals surface area (Å²) in [5, 5.41) is 6.71. The summed E-state index contributed by atoms with van der Waals surface area (Å²) in [7, 11) is 2.09. The summed E-state index contributed by atoms with van der Waals surface area (Å²) >= 11 is 1.54. The largest absolute Gasteiger partial charge is 0.351 e. The van der Waals surface area contributed by atoms with Crippen molar-refractivity contribution < 1.29 is 4.79 Å². The van der Waals surface area contributed by atoms with Crippen LogP contribution < -0.4 is 5.32 Å². The molecule has 16 heavy (non-hydrogen) atoms. The molecule has 1 rings (SSSR count). The molecule has 0 spiro atoms. The van der Waals surface area contributed by atoms with Gasteiger partial charge in [0, 0.05) is 30.1 Å². The SMILES string of the molecule is CC[C@H](C)N(C)CCNC(=O)c1ccsc1. The zero-order valence-corrected chi connectivity index (χ0v) is 11.0. The van der Waals surface area contributed by atoms with Gasteiger partial charge in [-0.2, -0.15) is 11.3 Å². The van der Waals surface area contributed by atoms with E-state index in [1.807, 2.05) is 16.8 Å². The van der Waals surface area contributed by atoms with E-state index in [2.05, 4.69) is 31.1 Å². The van der Waals surface area contributed by atoms with Crippen molar-refractivity contribution in [3.63, 3.8) is 0 Å². The molecule has 0 aromatic carbocycles. The fourth-order valence-corrected chi connectivity index (χ4v) is 2.01. The summed E-state index contributed by atoms with van der Waals surface area (Å²) in [6.45, 7) is 5.96. The number of carbonyl (C=O) groups is 1. The molecule has 4 heteroatoms. The number of carbonyl (C=O) groups excluding carboxylic acids is 1. The fraction of sp³-hybridized carbons (Fsp3) is 0.583. The van der Waals surface area contributed by atoms with Crippen LogP contribution in [0.25, 0.3) is 0 Å². The molecule has 1 aromatic rings. The Morgan fingerprint density at radius 1 is 1.62 bits per heavy atom. The van der Waals surface area contributed by atoms with Crippen LogP contribution in [-0.2, 0) is 0 Å². The lowest BCUT2D eigenvalue weighted by Crippen LogP contribution is -2.36. The van der Waals surface area contributed by atoms with E-state index in [0.29, 0.717) is 12.6 Å². The third kappa shape index (κ3) is 3.94. The lowest BCUT2D eigenvalue weighted by Gasteiger charge is -2.23. The highest BCUT2D eigenvalue weighted by Crippen LogP contribution is 2.05. The second-order valence-corrected chi connectivity index (χ2v) is 4.79. The third-order valence-corrected chi connectivity index (χ3v) is 3.56. The molecule has 1 atom stereocenters. The highest BCUT2D eigenvalue weighted by atomic mass is 32.1. The minimum atomic E-state index is 0.0267. The van der Waals surface area contributed by atoms with Gasteiger partial charge in [0.25, 0.3) is 5.91 Å². The van der Waals surface area contributed by atoms with Gasteiger partial charge in [-0.05, 0) is 31.8 Å². The second kappa shape index (κ2) is 6.66. The molecule has 0 fully saturated rings. The van der Waals surface area contributed by atoms with Gasteiger partial charge < -0.3 is 10.2 Å². The molecular formula is C12H20N2OS. The second-order valence-electron chi connectivity index (χ2n) is 4.01. The molecule has 1 aromatic heterocycles. The van der Waals surface area contributed by atoms with Crippen molar-refractivity contribution in [2.24, 2.45) is 0 Å². The minimum absolute atomic E-state index is 0.0267. The van der Waals surface area contributed by atoms with Crippen molar-refractivity contribution in [1.82, 2.24) is 10.2 Å². The van der Waals surface area contributed by atoms with Crippen LogP contribution in [0.2, 0.25) is 0 Å². The van der Waals surface area contributed by atoms with Crippen LogP contribution in [0.3, 0.4) is 0 Å². The quantitative estimate of drug-likeness (QED) is 0.827. The van der Waals surface area contributed by atoms with E-state index in [9.17, 15) is 4.79 Å². The number of likely N-dealkylation sites (N-methyl/N-ethyl adjacent to an activating group) is 1. The predicted octanol–water partition coefficient (Wildman–Crippen LogP) is 2.21. The van der Waals surface area contributed by atoms with Crippen LogP contribution >= 0.6 is 11.3 Å². The summed E-state index contributed by atoms with van der Waals surface area (Å²) in [4.78, 5) is 13.9. The highest BCUT2D eigenvalue weighted by molar-refractivity contribution is 7.08. The zero-order chi connectivity index (χ0) is 12.0. The number of thiophene rings is 1. The van der Waals surface area contributed by atoms with Gasteiger partial charge in [-0.15, -0.1) is 0 Å². The maximum absolute atomic E-state index is 11.6. The molecule has 0 saturated carbocycles. The lowest BCUT2D eigenvalue weighted by molar-refractivity contribution is 0.0948. The molecule has 0 aliphatic carbocycles. The van der Waals surface area contributed by atoms with Crippen LogP contribution in [-0.4, -0.2) is 37.0 Å². The van der Waals surface area contributed by atoms with Crippen LogP contribution in [0, 0.1) is 0 Å². The van der Waals surface area contributed by atoms with Crippen molar-refractivity contribution in [3.05, 3.63) is 22.4 Å². The predicted molar refractivity (Wildman–Crippen MR) is 69.0 cm³/mol. The number of hydrogen-bond acceptors (Lipinski definition) is 3. The molecule has 3 nitrogen and oxygen atoms in total. The molecule has 90 valence electrons. The molecular weight excluding hydrogens is 220 g/mol. The Kier molecular flexibility index (Phi) is 5.49. The monoisotopic (exact) mass is 240 g/mol. The first-order valence-corrected chi connectivity index (χ1v) is 6.60. The maximum Gasteiger partial charge on any atom is 0.252 e. The molecule has 1 amide bonds. The topological polar surface area (TPSA) is 32.3 Å². The van der Waals surface area contributed by atoms with E-state index in [1.165, 1.54) is 0 Å². The van der Waals surface area contributed by atoms with Crippen LogP contribution in [0.15, 0.2) is 16.8 Å². The van der Waals surface area contributed by atoms with E-state index >= 15 is 0 Å². The van der Waals surface area contributed by atoms with Crippen molar-refractivity contribution in [1.29, 1.82) is 0 Å². The summed E-state index contributed by atoms with van der Waals surface area (Å²) < 4.78 is 0. The Morgan fingerprint density at radius 2 is 2.38 bits per heavy atom. The molecule has 0 saturated heterocycles. The van der Waals surface area contributed by atoms with E-state index in [-0.39, 0.29) is 5.91 Å². The Hall–Kier alpha value is -0.870. The fourth-order valence-electron chi connectivity index (χ4n) is 1.37. The first-order chi connectivity index (χ1) is 7.65. The van der Waals surface area contributed by atoms with E-state index < -0.39 is 0 Å². The lowest BCUT2D eigenvalue weighted by atomic mass is 10.2.